The Morgan fingerprint density at radius 1 is 1.36 bits per heavy atom. The minimum atomic E-state index is -4.11. The van der Waals surface area contributed by atoms with Gasteiger partial charge in [-0.15, -0.1) is 0 Å². The second-order valence-corrected chi connectivity index (χ2v) is 3.69. The maximum Gasteiger partial charge on any atom is 0.403 e. The molecular weight excluding hydrogens is 193 g/mol. The molecule has 1 heterocycles. The topological polar surface area (TPSA) is 24.1 Å². The summed E-state index contributed by atoms with van der Waals surface area (Å²) in [6, 6.07) is -1.33. The fraction of sp³-hybridized carbons (Fsp3) is 1.00. The third-order valence-electron chi connectivity index (χ3n) is 2.58. The number of rotatable bonds is 3. The number of halogens is 3. The highest BCUT2D eigenvalue weighted by Crippen LogP contribution is 2.23. The summed E-state index contributed by atoms with van der Waals surface area (Å²) in [6.45, 7) is 3.18. The second-order valence-electron chi connectivity index (χ2n) is 3.69. The van der Waals surface area contributed by atoms with Crippen LogP contribution in [-0.4, -0.2) is 31.3 Å². The van der Waals surface area contributed by atoms with Crippen molar-refractivity contribution >= 4 is 0 Å². The molecule has 1 atom stereocenters. The summed E-state index contributed by atoms with van der Waals surface area (Å²) in [4.78, 5) is 0. The van der Waals surface area contributed by atoms with Crippen LogP contribution in [0.2, 0.25) is 0 Å². The van der Waals surface area contributed by atoms with Gasteiger partial charge in [-0.2, -0.15) is 13.2 Å². The lowest BCUT2D eigenvalue weighted by molar-refractivity contribution is -0.158. The molecule has 1 fully saturated rings. The molecule has 0 aromatic rings. The summed E-state index contributed by atoms with van der Waals surface area (Å²) in [5.41, 5.74) is 0. The molecule has 1 aliphatic heterocycles. The first kappa shape index (κ1) is 11.8. The van der Waals surface area contributed by atoms with E-state index < -0.39 is 12.2 Å². The van der Waals surface area contributed by atoms with Gasteiger partial charge < -0.3 is 10.6 Å². The largest absolute Gasteiger partial charge is 0.403 e. The SMILES string of the molecule is CCC(NC1CCNCC1)C(F)(F)F. The van der Waals surface area contributed by atoms with Crippen LogP contribution < -0.4 is 10.6 Å². The van der Waals surface area contributed by atoms with Gasteiger partial charge in [0.1, 0.15) is 6.04 Å². The third-order valence-corrected chi connectivity index (χ3v) is 2.58. The zero-order chi connectivity index (χ0) is 10.6. The van der Waals surface area contributed by atoms with Crippen LogP contribution in [0.4, 0.5) is 13.2 Å². The number of alkyl halides is 3. The van der Waals surface area contributed by atoms with Crippen molar-refractivity contribution in [1.29, 1.82) is 0 Å². The van der Waals surface area contributed by atoms with Crippen molar-refractivity contribution in [3.63, 3.8) is 0 Å². The van der Waals surface area contributed by atoms with E-state index >= 15 is 0 Å². The molecule has 0 bridgehead atoms. The Hall–Kier alpha value is -0.290. The van der Waals surface area contributed by atoms with E-state index in [-0.39, 0.29) is 12.5 Å². The number of nitrogens with one attached hydrogen (secondary N) is 2. The van der Waals surface area contributed by atoms with Gasteiger partial charge in [-0.25, -0.2) is 0 Å². The predicted molar refractivity (Wildman–Crippen MR) is 49.2 cm³/mol. The molecule has 5 heteroatoms. The average molecular weight is 210 g/mol. The molecule has 0 aliphatic carbocycles. The van der Waals surface area contributed by atoms with Gasteiger partial charge in [0.15, 0.2) is 0 Å². The molecule has 1 saturated heterocycles. The number of piperidine rings is 1. The van der Waals surface area contributed by atoms with Crippen LogP contribution >= 0.6 is 0 Å². The van der Waals surface area contributed by atoms with Crippen LogP contribution in [0.3, 0.4) is 0 Å². The van der Waals surface area contributed by atoms with Crippen molar-refractivity contribution < 1.29 is 13.2 Å². The first-order chi connectivity index (χ1) is 6.54. The Bertz CT molecular complexity index is 164. The molecule has 14 heavy (non-hydrogen) atoms. The zero-order valence-electron chi connectivity index (χ0n) is 8.32. The van der Waals surface area contributed by atoms with E-state index in [4.69, 9.17) is 0 Å². The molecule has 0 radical (unpaired) electrons. The van der Waals surface area contributed by atoms with Gasteiger partial charge >= 0.3 is 6.18 Å². The van der Waals surface area contributed by atoms with E-state index in [9.17, 15) is 13.2 Å². The predicted octanol–water partition coefficient (Wildman–Crippen LogP) is 1.67. The van der Waals surface area contributed by atoms with E-state index in [1.165, 1.54) is 0 Å². The standard InChI is InChI=1S/C9H17F3N2/c1-2-8(9(10,11)12)14-7-3-5-13-6-4-7/h7-8,13-14H,2-6H2,1H3. The third kappa shape index (κ3) is 3.46. The molecule has 1 rings (SSSR count). The minimum Gasteiger partial charge on any atom is -0.317 e. The van der Waals surface area contributed by atoms with Crippen LogP contribution in [0.1, 0.15) is 26.2 Å². The lowest BCUT2D eigenvalue weighted by atomic mass is 10.0. The molecule has 0 aromatic heterocycles. The van der Waals surface area contributed by atoms with Gasteiger partial charge in [0, 0.05) is 6.04 Å². The molecule has 2 N–H and O–H groups in total. The first-order valence-corrected chi connectivity index (χ1v) is 5.07. The minimum absolute atomic E-state index is 0.0165. The smallest absolute Gasteiger partial charge is 0.317 e. The van der Waals surface area contributed by atoms with Crippen LogP contribution in [-0.2, 0) is 0 Å². The molecule has 84 valence electrons. The van der Waals surface area contributed by atoms with Gasteiger partial charge in [0.2, 0.25) is 0 Å². The van der Waals surface area contributed by atoms with Gasteiger partial charge in [0.25, 0.3) is 0 Å². The van der Waals surface area contributed by atoms with Crippen LogP contribution in [0.15, 0.2) is 0 Å². The van der Waals surface area contributed by atoms with Crippen LogP contribution in [0.25, 0.3) is 0 Å². The Labute approximate surface area is 82.2 Å². The van der Waals surface area contributed by atoms with Gasteiger partial charge in [-0.05, 0) is 32.4 Å². The van der Waals surface area contributed by atoms with Crippen molar-refractivity contribution in [1.82, 2.24) is 10.6 Å². The maximum atomic E-state index is 12.4. The molecule has 0 aromatic carbocycles. The monoisotopic (exact) mass is 210 g/mol. The summed E-state index contributed by atoms with van der Waals surface area (Å²) >= 11 is 0. The van der Waals surface area contributed by atoms with Crippen LogP contribution in [0, 0.1) is 0 Å². The van der Waals surface area contributed by atoms with E-state index in [2.05, 4.69) is 10.6 Å². The van der Waals surface area contributed by atoms with Crippen molar-refractivity contribution in [3.05, 3.63) is 0 Å². The number of hydrogen-bond acceptors (Lipinski definition) is 2. The summed E-state index contributed by atoms with van der Waals surface area (Å²) in [6.07, 6.45) is -2.44. The summed E-state index contributed by atoms with van der Waals surface area (Å²) < 4.78 is 37.2. The van der Waals surface area contributed by atoms with Crippen molar-refractivity contribution in [2.75, 3.05) is 13.1 Å². The Kier molecular flexibility index (Phi) is 4.19. The van der Waals surface area contributed by atoms with E-state index in [0.29, 0.717) is 0 Å². The molecule has 1 aliphatic rings. The van der Waals surface area contributed by atoms with Gasteiger partial charge in [-0.3, -0.25) is 0 Å². The van der Waals surface area contributed by atoms with E-state index in [1.54, 1.807) is 6.92 Å². The molecule has 2 nitrogen and oxygen atoms in total. The quantitative estimate of drug-likeness (QED) is 0.740. The molecular formula is C9H17F3N2. The lowest BCUT2D eigenvalue weighted by Gasteiger charge is -2.29. The Morgan fingerprint density at radius 3 is 2.36 bits per heavy atom. The highest BCUT2D eigenvalue weighted by molar-refractivity contribution is 4.81. The van der Waals surface area contributed by atoms with Crippen molar-refractivity contribution in [3.8, 4) is 0 Å². The van der Waals surface area contributed by atoms with E-state index in [0.717, 1.165) is 25.9 Å². The summed E-state index contributed by atoms with van der Waals surface area (Å²) in [5, 5.41) is 5.80. The molecule has 0 spiro atoms. The fourth-order valence-electron chi connectivity index (χ4n) is 1.72. The molecule has 0 amide bonds. The molecule has 1 unspecified atom stereocenters. The van der Waals surface area contributed by atoms with Gasteiger partial charge in [-0.1, -0.05) is 6.92 Å². The highest BCUT2D eigenvalue weighted by Gasteiger charge is 2.39. The Morgan fingerprint density at radius 2 is 1.93 bits per heavy atom. The zero-order valence-corrected chi connectivity index (χ0v) is 8.32. The van der Waals surface area contributed by atoms with Gasteiger partial charge in [0.05, 0.1) is 0 Å². The van der Waals surface area contributed by atoms with Crippen molar-refractivity contribution in [2.24, 2.45) is 0 Å². The summed E-state index contributed by atoms with van der Waals surface area (Å²) in [5.74, 6) is 0. The number of hydrogen-bond donors (Lipinski definition) is 2. The fourth-order valence-corrected chi connectivity index (χ4v) is 1.72. The van der Waals surface area contributed by atoms with E-state index in [1.807, 2.05) is 0 Å². The average Bonchev–Trinajstić information content (AvgIpc) is 2.14. The van der Waals surface area contributed by atoms with Crippen LogP contribution in [0.5, 0.6) is 0 Å². The lowest BCUT2D eigenvalue weighted by Crippen LogP contribution is -2.50. The maximum absolute atomic E-state index is 12.4. The normalized spacial score (nSPS) is 22.3. The highest BCUT2D eigenvalue weighted by atomic mass is 19.4. The van der Waals surface area contributed by atoms with Crippen molar-refractivity contribution in [2.45, 2.75) is 44.4 Å². The first-order valence-electron chi connectivity index (χ1n) is 5.07. The molecule has 0 saturated carbocycles. The second kappa shape index (κ2) is 4.98. The summed E-state index contributed by atoms with van der Waals surface area (Å²) in [7, 11) is 0. The Balaban J connectivity index is 2.39.